The number of aryl methyl sites for hydroxylation is 2. The van der Waals surface area contributed by atoms with Crippen molar-refractivity contribution >= 4 is 5.82 Å². The summed E-state index contributed by atoms with van der Waals surface area (Å²) in [7, 11) is 3.87. The predicted octanol–water partition coefficient (Wildman–Crippen LogP) is 1.38. The minimum atomic E-state index is -0.584. The summed E-state index contributed by atoms with van der Waals surface area (Å²) in [4.78, 5) is 8.74. The first kappa shape index (κ1) is 17.4. The van der Waals surface area contributed by atoms with Gasteiger partial charge < -0.3 is 14.9 Å². The lowest BCUT2D eigenvalue weighted by Gasteiger charge is -2.29. The molecule has 0 bridgehead atoms. The molecule has 7 nitrogen and oxygen atoms in total. The van der Waals surface area contributed by atoms with Crippen LogP contribution in [0.25, 0.3) is 0 Å². The molecule has 0 amide bonds. The van der Waals surface area contributed by atoms with Crippen LogP contribution in [0.2, 0.25) is 0 Å². The summed E-state index contributed by atoms with van der Waals surface area (Å²) in [5.74, 6) is 0.886. The second-order valence-corrected chi connectivity index (χ2v) is 6.85. The van der Waals surface area contributed by atoms with Gasteiger partial charge in [-0.25, -0.2) is 4.98 Å². The summed E-state index contributed by atoms with van der Waals surface area (Å²) in [6, 6.07) is 6.16. The van der Waals surface area contributed by atoms with Gasteiger partial charge in [0.25, 0.3) is 0 Å². The normalized spacial score (nSPS) is 15.2. The molecule has 0 saturated heterocycles. The Hall–Kier alpha value is -2.43. The first-order valence-corrected chi connectivity index (χ1v) is 8.41. The van der Waals surface area contributed by atoms with Gasteiger partial charge in [0, 0.05) is 13.1 Å². The third-order valence-electron chi connectivity index (χ3n) is 4.52. The fourth-order valence-electron chi connectivity index (χ4n) is 3.23. The molecule has 1 N–H and O–H groups in total. The molecular weight excluding hydrogens is 316 g/mol. The Labute approximate surface area is 148 Å². The predicted molar refractivity (Wildman–Crippen MR) is 95.2 cm³/mol. The highest BCUT2D eigenvalue weighted by Crippen LogP contribution is 2.24. The molecule has 3 rings (SSSR count). The molecule has 25 heavy (non-hydrogen) atoms. The topological polar surface area (TPSA) is 81.2 Å². The third-order valence-corrected chi connectivity index (χ3v) is 4.52. The minimum Gasteiger partial charge on any atom is -0.385 e. The number of aliphatic hydroxyl groups is 1. The molecule has 2 aromatic rings. The third kappa shape index (κ3) is 3.50. The van der Waals surface area contributed by atoms with Gasteiger partial charge >= 0.3 is 0 Å². The van der Waals surface area contributed by atoms with Crippen molar-refractivity contribution in [2.45, 2.75) is 33.0 Å². The molecule has 132 valence electrons. The Kier molecular flexibility index (Phi) is 4.75. The largest absolute Gasteiger partial charge is 0.385 e. The number of nitrogens with zero attached hydrogens (tertiary/aromatic N) is 6. The van der Waals surface area contributed by atoms with E-state index in [9.17, 15) is 10.4 Å². The number of pyridine rings is 1. The Morgan fingerprint density at radius 1 is 1.32 bits per heavy atom. The van der Waals surface area contributed by atoms with Crippen LogP contribution in [0.4, 0.5) is 5.82 Å². The number of aliphatic hydroxyl groups excluding tert-OH is 1. The van der Waals surface area contributed by atoms with Crippen molar-refractivity contribution in [3.63, 3.8) is 0 Å². The molecule has 0 saturated carbocycles. The molecule has 7 heteroatoms. The molecule has 1 aliphatic heterocycles. The number of hydrogen-bond acceptors (Lipinski definition) is 6. The SMILES string of the molecule is Cc1cc(N2CCn3nc(C(O)CN(C)C)cc3C2)nc(C)c1C#N. The highest BCUT2D eigenvalue weighted by molar-refractivity contribution is 5.50. The lowest BCUT2D eigenvalue weighted by Crippen LogP contribution is -2.34. The van der Waals surface area contributed by atoms with Crippen LogP contribution >= 0.6 is 0 Å². The van der Waals surface area contributed by atoms with Gasteiger partial charge in [-0.3, -0.25) is 4.68 Å². The molecule has 0 spiro atoms. The Morgan fingerprint density at radius 3 is 2.72 bits per heavy atom. The zero-order valence-electron chi connectivity index (χ0n) is 15.2. The highest BCUT2D eigenvalue weighted by atomic mass is 16.3. The van der Waals surface area contributed by atoms with Gasteiger partial charge in [0.15, 0.2) is 0 Å². The van der Waals surface area contributed by atoms with E-state index in [1.54, 1.807) is 0 Å². The molecule has 0 aliphatic carbocycles. The summed E-state index contributed by atoms with van der Waals surface area (Å²) in [5, 5.41) is 24.0. The number of aromatic nitrogens is 3. The lowest BCUT2D eigenvalue weighted by molar-refractivity contribution is 0.133. The Balaban J connectivity index is 1.82. The van der Waals surface area contributed by atoms with Gasteiger partial charge in [-0.1, -0.05) is 0 Å². The molecular formula is C18H24N6O. The van der Waals surface area contributed by atoms with Crippen LogP contribution in [0.1, 0.15) is 34.3 Å². The zero-order chi connectivity index (χ0) is 18.1. The monoisotopic (exact) mass is 340 g/mol. The average molecular weight is 340 g/mol. The number of anilines is 1. The Bertz CT molecular complexity index is 796. The Morgan fingerprint density at radius 2 is 2.08 bits per heavy atom. The lowest BCUT2D eigenvalue weighted by atomic mass is 10.1. The van der Waals surface area contributed by atoms with E-state index in [1.807, 2.05) is 49.7 Å². The van der Waals surface area contributed by atoms with E-state index in [0.717, 1.165) is 35.9 Å². The highest BCUT2D eigenvalue weighted by Gasteiger charge is 2.23. The van der Waals surface area contributed by atoms with E-state index in [0.29, 0.717) is 24.3 Å². The summed E-state index contributed by atoms with van der Waals surface area (Å²) < 4.78 is 1.97. The van der Waals surface area contributed by atoms with E-state index in [-0.39, 0.29) is 0 Å². The van der Waals surface area contributed by atoms with Crippen molar-refractivity contribution in [1.82, 2.24) is 19.7 Å². The maximum Gasteiger partial charge on any atom is 0.129 e. The van der Waals surface area contributed by atoms with Crippen LogP contribution in [0.5, 0.6) is 0 Å². The molecule has 2 aromatic heterocycles. The van der Waals surface area contributed by atoms with E-state index in [4.69, 9.17) is 0 Å². The molecule has 0 radical (unpaired) electrons. The van der Waals surface area contributed by atoms with Crippen molar-refractivity contribution in [1.29, 1.82) is 5.26 Å². The van der Waals surface area contributed by atoms with Crippen LogP contribution in [0.15, 0.2) is 12.1 Å². The van der Waals surface area contributed by atoms with Gasteiger partial charge in [-0.05, 0) is 45.6 Å². The number of rotatable bonds is 4. The molecule has 1 atom stereocenters. The van der Waals surface area contributed by atoms with Crippen LogP contribution in [-0.4, -0.2) is 52.0 Å². The molecule has 1 aliphatic rings. The minimum absolute atomic E-state index is 0.551. The van der Waals surface area contributed by atoms with Gasteiger partial charge in [-0.15, -0.1) is 0 Å². The van der Waals surface area contributed by atoms with Crippen molar-refractivity contribution in [2.24, 2.45) is 0 Å². The van der Waals surface area contributed by atoms with Gasteiger partial charge in [0.2, 0.25) is 0 Å². The van der Waals surface area contributed by atoms with Crippen molar-refractivity contribution in [2.75, 3.05) is 32.1 Å². The van der Waals surface area contributed by atoms with Gasteiger partial charge in [0.1, 0.15) is 18.0 Å². The smallest absolute Gasteiger partial charge is 0.129 e. The number of likely N-dealkylation sites (N-methyl/N-ethyl adjacent to an activating group) is 1. The van der Waals surface area contributed by atoms with Crippen molar-refractivity contribution < 1.29 is 5.11 Å². The second kappa shape index (κ2) is 6.82. The fourth-order valence-corrected chi connectivity index (χ4v) is 3.23. The van der Waals surface area contributed by atoms with Crippen LogP contribution < -0.4 is 4.90 Å². The second-order valence-electron chi connectivity index (χ2n) is 6.85. The van der Waals surface area contributed by atoms with Crippen molar-refractivity contribution in [3.8, 4) is 6.07 Å². The quantitative estimate of drug-likeness (QED) is 0.906. The molecule has 3 heterocycles. The first-order valence-electron chi connectivity index (χ1n) is 8.41. The molecule has 0 aromatic carbocycles. The maximum atomic E-state index is 10.3. The maximum absolute atomic E-state index is 10.3. The van der Waals surface area contributed by atoms with Gasteiger partial charge in [0.05, 0.1) is 35.7 Å². The number of nitriles is 1. The average Bonchev–Trinajstić information content (AvgIpc) is 2.97. The van der Waals surface area contributed by atoms with Crippen LogP contribution in [-0.2, 0) is 13.1 Å². The van der Waals surface area contributed by atoms with E-state index < -0.39 is 6.10 Å². The standard InChI is InChI=1S/C18H24N6O/c1-12-7-18(20-13(2)15(12)9-19)23-5-6-24-14(10-23)8-16(21-24)17(25)11-22(3)4/h7-8,17,25H,5-6,10-11H2,1-4H3. The molecule has 0 fully saturated rings. The molecule has 1 unspecified atom stereocenters. The van der Waals surface area contributed by atoms with Gasteiger partial charge in [-0.2, -0.15) is 10.4 Å². The number of hydrogen-bond donors (Lipinski definition) is 1. The summed E-state index contributed by atoms with van der Waals surface area (Å²) >= 11 is 0. The van der Waals surface area contributed by atoms with E-state index in [1.165, 1.54) is 0 Å². The van der Waals surface area contributed by atoms with E-state index >= 15 is 0 Å². The van der Waals surface area contributed by atoms with E-state index in [2.05, 4.69) is 21.1 Å². The number of fused-ring (bicyclic) bond motifs is 1. The summed E-state index contributed by atoms with van der Waals surface area (Å²) in [5.41, 5.74) is 4.15. The summed E-state index contributed by atoms with van der Waals surface area (Å²) in [6.45, 7) is 6.62. The van der Waals surface area contributed by atoms with Crippen molar-refractivity contribution in [3.05, 3.63) is 40.3 Å². The zero-order valence-corrected chi connectivity index (χ0v) is 15.2. The van der Waals surface area contributed by atoms with Crippen LogP contribution in [0, 0.1) is 25.2 Å². The summed E-state index contributed by atoms with van der Waals surface area (Å²) in [6.07, 6.45) is -0.584. The fraction of sp³-hybridized carbons (Fsp3) is 0.500. The first-order chi connectivity index (χ1) is 11.9. The van der Waals surface area contributed by atoms with Crippen LogP contribution in [0.3, 0.4) is 0 Å².